The van der Waals surface area contributed by atoms with Crippen LogP contribution in [-0.4, -0.2) is 11.1 Å². The van der Waals surface area contributed by atoms with Gasteiger partial charge in [0.2, 0.25) is 0 Å². The lowest BCUT2D eigenvalue weighted by molar-refractivity contribution is 0.534. The monoisotopic (exact) mass is 294 g/mol. The molecule has 2 nitrogen and oxygen atoms in total. The first-order valence-electron chi connectivity index (χ1n) is 6.94. The molecule has 0 bridgehead atoms. The van der Waals surface area contributed by atoms with Gasteiger partial charge in [0.15, 0.2) is 0 Å². The second kappa shape index (κ2) is 6.91. The molecule has 108 valence electrons. The molecule has 1 N–H and O–H groups in total. The van der Waals surface area contributed by atoms with E-state index in [4.69, 9.17) is 11.6 Å². The summed E-state index contributed by atoms with van der Waals surface area (Å²) < 4.78 is 15.2. The van der Waals surface area contributed by atoms with Gasteiger partial charge in [-0.2, -0.15) is 0 Å². The largest absolute Gasteiger partial charge is 0.346 e. The van der Waals surface area contributed by atoms with Crippen molar-refractivity contribution in [3.05, 3.63) is 58.6 Å². The van der Waals surface area contributed by atoms with E-state index in [9.17, 15) is 4.39 Å². The summed E-state index contributed by atoms with van der Waals surface area (Å²) in [6.45, 7) is 5.94. The fourth-order valence-electron chi connectivity index (χ4n) is 2.26. The molecule has 1 atom stereocenters. The molecule has 0 saturated heterocycles. The molecule has 20 heavy (non-hydrogen) atoms. The molecule has 0 spiro atoms. The number of hydrogen-bond acceptors (Lipinski definition) is 1. The minimum absolute atomic E-state index is 0.282. The average Bonchev–Trinajstić information content (AvgIpc) is 2.87. The van der Waals surface area contributed by atoms with Crippen LogP contribution in [0, 0.1) is 5.82 Å². The zero-order valence-corrected chi connectivity index (χ0v) is 12.6. The summed E-state index contributed by atoms with van der Waals surface area (Å²) in [6.07, 6.45) is 3.13. The van der Waals surface area contributed by atoms with Crippen molar-refractivity contribution >= 4 is 11.6 Å². The standard InChI is InChI=1S/C16H20ClFN2/c1-3-8-19-12(2)16-5-4-9-20(16)11-13-6-7-14(18)10-15(13)17/h4-7,9-10,12,19H,3,8,11H2,1-2H3. The Hall–Kier alpha value is -1.32. The maximum Gasteiger partial charge on any atom is 0.124 e. The van der Waals surface area contributed by atoms with Gasteiger partial charge in [0, 0.05) is 29.5 Å². The van der Waals surface area contributed by atoms with Crippen LogP contribution in [0.1, 0.15) is 37.6 Å². The summed E-state index contributed by atoms with van der Waals surface area (Å²) in [7, 11) is 0. The maximum atomic E-state index is 13.1. The van der Waals surface area contributed by atoms with Gasteiger partial charge in [-0.05, 0) is 49.7 Å². The van der Waals surface area contributed by atoms with E-state index in [1.807, 2.05) is 12.3 Å². The smallest absolute Gasteiger partial charge is 0.124 e. The van der Waals surface area contributed by atoms with Gasteiger partial charge in [-0.1, -0.05) is 24.6 Å². The predicted molar refractivity (Wildman–Crippen MR) is 81.7 cm³/mol. The van der Waals surface area contributed by atoms with Crippen molar-refractivity contribution in [1.82, 2.24) is 9.88 Å². The van der Waals surface area contributed by atoms with Gasteiger partial charge in [0.05, 0.1) is 0 Å². The fourth-order valence-corrected chi connectivity index (χ4v) is 2.49. The van der Waals surface area contributed by atoms with Crippen LogP contribution in [-0.2, 0) is 6.54 Å². The van der Waals surface area contributed by atoms with Gasteiger partial charge in [-0.3, -0.25) is 0 Å². The number of rotatable bonds is 6. The van der Waals surface area contributed by atoms with E-state index in [0.717, 1.165) is 18.5 Å². The molecule has 1 heterocycles. The van der Waals surface area contributed by atoms with Crippen molar-refractivity contribution in [3.8, 4) is 0 Å². The molecule has 0 fully saturated rings. The fraction of sp³-hybridized carbons (Fsp3) is 0.375. The van der Waals surface area contributed by atoms with Gasteiger partial charge in [0.25, 0.3) is 0 Å². The van der Waals surface area contributed by atoms with Crippen molar-refractivity contribution in [3.63, 3.8) is 0 Å². The molecule has 0 amide bonds. The van der Waals surface area contributed by atoms with E-state index >= 15 is 0 Å². The van der Waals surface area contributed by atoms with Crippen LogP contribution in [0.4, 0.5) is 4.39 Å². The van der Waals surface area contributed by atoms with Crippen LogP contribution in [0.25, 0.3) is 0 Å². The van der Waals surface area contributed by atoms with E-state index in [-0.39, 0.29) is 11.9 Å². The quantitative estimate of drug-likeness (QED) is 0.836. The molecule has 2 aromatic rings. The predicted octanol–water partition coefficient (Wildman–Crippen LogP) is 4.39. The lowest BCUT2D eigenvalue weighted by Crippen LogP contribution is -2.22. The van der Waals surface area contributed by atoms with E-state index in [1.165, 1.54) is 17.8 Å². The van der Waals surface area contributed by atoms with E-state index < -0.39 is 0 Å². The van der Waals surface area contributed by atoms with Gasteiger partial charge in [0.1, 0.15) is 5.82 Å². The molecular weight excluding hydrogens is 275 g/mol. The first kappa shape index (κ1) is 15.1. The second-order valence-corrected chi connectivity index (χ2v) is 5.38. The van der Waals surface area contributed by atoms with Crippen molar-refractivity contribution < 1.29 is 4.39 Å². The van der Waals surface area contributed by atoms with Crippen molar-refractivity contribution in [2.75, 3.05) is 6.54 Å². The number of halogens is 2. The van der Waals surface area contributed by atoms with Crippen LogP contribution in [0.5, 0.6) is 0 Å². The highest BCUT2D eigenvalue weighted by molar-refractivity contribution is 6.31. The topological polar surface area (TPSA) is 17.0 Å². The molecule has 0 aliphatic heterocycles. The number of nitrogens with one attached hydrogen (secondary N) is 1. The Morgan fingerprint density at radius 3 is 2.85 bits per heavy atom. The minimum atomic E-state index is -0.301. The average molecular weight is 295 g/mol. The molecule has 2 rings (SSSR count). The van der Waals surface area contributed by atoms with Crippen LogP contribution in [0.3, 0.4) is 0 Å². The first-order valence-corrected chi connectivity index (χ1v) is 7.32. The number of aromatic nitrogens is 1. The van der Waals surface area contributed by atoms with Crippen molar-refractivity contribution in [2.24, 2.45) is 0 Å². The number of benzene rings is 1. The molecule has 0 radical (unpaired) electrons. The van der Waals surface area contributed by atoms with Crippen LogP contribution < -0.4 is 5.32 Å². The Kier molecular flexibility index (Phi) is 5.21. The van der Waals surface area contributed by atoms with Gasteiger partial charge in [-0.15, -0.1) is 0 Å². The molecular formula is C16H20ClFN2. The number of nitrogens with zero attached hydrogens (tertiary/aromatic N) is 1. The molecule has 1 unspecified atom stereocenters. The zero-order valence-electron chi connectivity index (χ0n) is 11.9. The SMILES string of the molecule is CCCNC(C)c1cccn1Cc1ccc(F)cc1Cl. The minimum Gasteiger partial charge on any atom is -0.346 e. The molecule has 1 aromatic carbocycles. The Morgan fingerprint density at radius 1 is 1.35 bits per heavy atom. The van der Waals surface area contributed by atoms with Gasteiger partial charge >= 0.3 is 0 Å². The lowest BCUT2D eigenvalue weighted by Gasteiger charge is -2.17. The molecule has 0 aliphatic carbocycles. The molecule has 1 aromatic heterocycles. The maximum absolute atomic E-state index is 13.1. The molecule has 0 aliphatic rings. The summed E-state index contributed by atoms with van der Waals surface area (Å²) in [5, 5.41) is 3.94. The summed E-state index contributed by atoms with van der Waals surface area (Å²) in [5.74, 6) is -0.301. The van der Waals surface area contributed by atoms with Crippen molar-refractivity contribution in [1.29, 1.82) is 0 Å². The van der Waals surface area contributed by atoms with Gasteiger partial charge in [-0.25, -0.2) is 4.39 Å². The van der Waals surface area contributed by atoms with Crippen LogP contribution in [0.2, 0.25) is 5.02 Å². The third kappa shape index (κ3) is 3.62. The highest BCUT2D eigenvalue weighted by Crippen LogP contribution is 2.21. The van der Waals surface area contributed by atoms with Crippen molar-refractivity contribution in [2.45, 2.75) is 32.9 Å². The van der Waals surface area contributed by atoms with E-state index in [1.54, 1.807) is 6.07 Å². The molecule has 0 saturated carbocycles. The van der Waals surface area contributed by atoms with E-state index in [0.29, 0.717) is 11.6 Å². The number of hydrogen-bond donors (Lipinski definition) is 1. The second-order valence-electron chi connectivity index (χ2n) is 4.97. The summed E-state index contributed by atoms with van der Waals surface area (Å²) in [4.78, 5) is 0. The van der Waals surface area contributed by atoms with Crippen LogP contribution in [0.15, 0.2) is 36.5 Å². The Morgan fingerprint density at radius 2 is 2.15 bits per heavy atom. The third-order valence-corrected chi connectivity index (χ3v) is 3.72. The first-order chi connectivity index (χ1) is 9.61. The third-order valence-electron chi connectivity index (χ3n) is 3.36. The zero-order chi connectivity index (χ0) is 14.5. The highest BCUT2D eigenvalue weighted by atomic mass is 35.5. The summed E-state index contributed by atoms with van der Waals surface area (Å²) in [5.41, 5.74) is 2.13. The Balaban J connectivity index is 2.16. The lowest BCUT2D eigenvalue weighted by atomic mass is 10.2. The van der Waals surface area contributed by atoms with Gasteiger partial charge < -0.3 is 9.88 Å². The summed E-state index contributed by atoms with van der Waals surface area (Å²) >= 11 is 6.09. The molecule has 4 heteroatoms. The normalized spacial score (nSPS) is 12.6. The van der Waals surface area contributed by atoms with Crippen LogP contribution >= 0.6 is 11.6 Å². The summed E-state index contributed by atoms with van der Waals surface area (Å²) in [6, 6.07) is 8.96. The highest BCUT2D eigenvalue weighted by Gasteiger charge is 2.10. The van der Waals surface area contributed by atoms with E-state index in [2.05, 4.69) is 29.8 Å². The Bertz CT molecular complexity index is 565. The Labute approximate surface area is 124 Å².